The highest BCUT2D eigenvalue weighted by Gasteiger charge is 2.10. The molecule has 0 aromatic carbocycles. The van der Waals surface area contributed by atoms with Gasteiger partial charge in [0.15, 0.2) is 0 Å². The largest absolute Gasteiger partial charge is 0.460 e. The summed E-state index contributed by atoms with van der Waals surface area (Å²) in [5.74, 6) is -0.178. The highest BCUT2D eigenvalue weighted by molar-refractivity contribution is 5.69. The standard InChI is InChI=1S/C22H42O4/c1-2-21(20-24)26-22(25)18-16-14-12-10-8-6-4-3-5-7-9-11-13-15-17-19-23/h3-4,21,23-24H,2,5-20H2,1H3/b4-3-. The van der Waals surface area contributed by atoms with Crippen LogP contribution in [0.1, 0.15) is 103 Å². The van der Waals surface area contributed by atoms with Gasteiger partial charge in [0.1, 0.15) is 6.10 Å². The molecule has 0 aliphatic heterocycles. The molecule has 1 unspecified atom stereocenters. The zero-order chi connectivity index (χ0) is 19.3. The van der Waals surface area contributed by atoms with Crippen LogP contribution in [0.2, 0.25) is 0 Å². The van der Waals surface area contributed by atoms with Crippen LogP contribution in [-0.2, 0) is 9.53 Å². The summed E-state index contributed by atoms with van der Waals surface area (Å²) in [6.07, 6.45) is 20.6. The molecule has 26 heavy (non-hydrogen) atoms. The smallest absolute Gasteiger partial charge is 0.306 e. The molecule has 0 bridgehead atoms. The van der Waals surface area contributed by atoms with Gasteiger partial charge in [-0.25, -0.2) is 0 Å². The van der Waals surface area contributed by atoms with Crippen LogP contribution < -0.4 is 0 Å². The number of aliphatic hydroxyl groups is 2. The van der Waals surface area contributed by atoms with Gasteiger partial charge in [-0.3, -0.25) is 4.79 Å². The summed E-state index contributed by atoms with van der Waals surface area (Å²) in [6, 6.07) is 0. The fourth-order valence-electron chi connectivity index (χ4n) is 2.87. The molecule has 0 aliphatic carbocycles. The fourth-order valence-corrected chi connectivity index (χ4v) is 2.87. The van der Waals surface area contributed by atoms with Crippen molar-refractivity contribution in [2.24, 2.45) is 0 Å². The number of rotatable bonds is 19. The Morgan fingerprint density at radius 1 is 0.808 bits per heavy atom. The Morgan fingerprint density at radius 2 is 1.31 bits per heavy atom. The number of ether oxygens (including phenoxy) is 1. The summed E-state index contributed by atoms with van der Waals surface area (Å²) >= 11 is 0. The van der Waals surface area contributed by atoms with Gasteiger partial charge in [0.05, 0.1) is 6.61 Å². The summed E-state index contributed by atoms with van der Waals surface area (Å²) in [6.45, 7) is 2.16. The van der Waals surface area contributed by atoms with Crippen molar-refractivity contribution in [3.63, 3.8) is 0 Å². The average molecular weight is 371 g/mol. The minimum absolute atomic E-state index is 0.0830. The van der Waals surface area contributed by atoms with Gasteiger partial charge >= 0.3 is 5.97 Å². The van der Waals surface area contributed by atoms with Crippen LogP contribution in [0, 0.1) is 0 Å². The molecule has 1 atom stereocenters. The van der Waals surface area contributed by atoms with Crippen LogP contribution in [0.15, 0.2) is 12.2 Å². The van der Waals surface area contributed by atoms with E-state index in [1.54, 1.807) is 0 Å². The first-order valence-electron chi connectivity index (χ1n) is 10.8. The number of unbranched alkanes of at least 4 members (excludes halogenated alkanes) is 11. The molecule has 0 aromatic rings. The zero-order valence-electron chi connectivity index (χ0n) is 17.0. The maximum absolute atomic E-state index is 11.6. The maximum atomic E-state index is 11.6. The van der Waals surface area contributed by atoms with Gasteiger partial charge in [-0.2, -0.15) is 0 Å². The van der Waals surface area contributed by atoms with Gasteiger partial charge in [0, 0.05) is 13.0 Å². The number of hydrogen-bond donors (Lipinski definition) is 2. The van der Waals surface area contributed by atoms with Crippen LogP contribution in [0.25, 0.3) is 0 Å². The van der Waals surface area contributed by atoms with Crippen LogP contribution in [-0.4, -0.2) is 35.5 Å². The van der Waals surface area contributed by atoms with E-state index in [9.17, 15) is 4.79 Å². The van der Waals surface area contributed by atoms with Crippen molar-refractivity contribution >= 4 is 5.97 Å². The summed E-state index contributed by atoms with van der Waals surface area (Å²) in [4.78, 5) is 11.6. The van der Waals surface area contributed by atoms with Crippen molar-refractivity contribution in [2.75, 3.05) is 13.2 Å². The molecule has 154 valence electrons. The first-order chi connectivity index (χ1) is 12.7. The lowest BCUT2D eigenvalue weighted by Crippen LogP contribution is -2.20. The predicted molar refractivity (Wildman–Crippen MR) is 108 cm³/mol. The molecule has 4 heteroatoms. The first kappa shape index (κ1) is 25.1. The summed E-state index contributed by atoms with van der Waals surface area (Å²) in [7, 11) is 0. The van der Waals surface area contributed by atoms with Gasteiger partial charge in [-0.05, 0) is 44.9 Å². The number of aliphatic hydroxyl groups excluding tert-OH is 2. The molecule has 0 spiro atoms. The number of carbonyl (C=O) groups excluding carboxylic acids is 1. The highest BCUT2D eigenvalue weighted by atomic mass is 16.5. The SMILES string of the molecule is CCC(CO)OC(=O)CCCCCCC/C=C\CCCCCCCCO. The Kier molecular flexibility index (Phi) is 19.8. The van der Waals surface area contributed by atoms with E-state index in [4.69, 9.17) is 14.9 Å². The van der Waals surface area contributed by atoms with Crippen molar-refractivity contribution in [3.8, 4) is 0 Å². The molecule has 0 saturated heterocycles. The molecule has 0 fully saturated rings. The van der Waals surface area contributed by atoms with E-state index in [2.05, 4.69) is 12.2 Å². The Balaban J connectivity index is 3.27. The molecular weight excluding hydrogens is 328 g/mol. The molecular formula is C22H42O4. The van der Waals surface area contributed by atoms with Gasteiger partial charge in [-0.15, -0.1) is 0 Å². The van der Waals surface area contributed by atoms with E-state index in [-0.39, 0.29) is 18.7 Å². The van der Waals surface area contributed by atoms with Crippen LogP contribution in [0.5, 0.6) is 0 Å². The summed E-state index contributed by atoms with van der Waals surface area (Å²) in [5.41, 5.74) is 0. The van der Waals surface area contributed by atoms with E-state index in [1.807, 2.05) is 6.92 Å². The van der Waals surface area contributed by atoms with Crippen molar-refractivity contribution < 1.29 is 19.7 Å². The Morgan fingerprint density at radius 3 is 1.81 bits per heavy atom. The van der Waals surface area contributed by atoms with E-state index in [0.29, 0.717) is 19.4 Å². The van der Waals surface area contributed by atoms with Gasteiger partial charge in [0.25, 0.3) is 0 Å². The lowest BCUT2D eigenvalue weighted by Gasteiger charge is -2.12. The molecule has 0 heterocycles. The summed E-state index contributed by atoms with van der Waals surface area (Å²) < 4.78 is 5.16. The lowest BCUT2D eigenvalue weighted by atomic mass is 10.1. The molecule has 0 saturated carbocycles. The van der Waals surface area contributed by atoms with Gasteiger partial charge in [0.2, 0.25) is 0 Å². The third-order valence-corrected chi connectivity index (χ3v) is 4.65. The van der Waals surface area contributed by atoms with Crippen molar-refractivity contribution in [3.05, 3.63) is 12.2 Å². The van der Waals surface area contributed by atoms with Crippen LogP contribution in [0.4, 0.5) is 0 Å². The topological polar surface area (TPSA) is 66.8 Å². The van der Waals surface area contributed by atoms with Gasteiger partial charge in [-0.1, -0.05) is 64.0 Å². The molecule has 0 rings (SSSR count). The van der Waals surface area contributed by atoms with Crippen molar-refractivity contribution in [1.29, 1.82) is 0 Å². The molecule has 0 aliphatic rings. The molecule has 2 N–H and O–H groups in total. The lowest BCUT2D eigenvalue weighted by molar-refractivity contribution is -0.151. The number of allylic oxidation sites excluding steroid dienone is 2. The zero-order valence-corrected chi connectivity index (χ0v) is 17.0. The minimum atomic E-state index is -0.333. The number of esters is 1. The quantitative estimate of drug-likeness (QED) is 0.184. The molecule has 4 nitrogen and oxygen atoms in total. The second-order valence-electron chi connectivity index (χ2n) is 7.11. The predicted octanol–water partition coefficient (Wildman–Crippen LogP) is 5.31. The fraction of sp³-hybridized carbons (Fsp3) is 0.864. The molecule has 0 amide bonds. The van der Waals surface area contributed by atoms with E-state index < -0.39 is 0 Å². The van der Waals surface area contributed by atoms with Crippen LogP contribution >= 0.6 is 0 Å². The van der Waals surface area contributed by atoms with Crippen LogP contribution in [0.3, 0.4) is 0 Å². The summed E-state index contributed by atoms with van der Waals surface area (Å²) in [5, 5.41) is 17.7. The third-order valence-electron chi connectivity index (χ3n) is 4.65. The van der Waals surface area contributed by atoms with Crippen molar-refractivity contribution in [1.82, 2.24) is 0 Å². The normalized spacial score (nSPS) is 12.6. The maximum Gasteiger partial charge on any atom is 0.306 e. The Hall–Kier alpha value is -0.870. The number of carbonyl (C=O) groups is 1. The molecule has 0 aromatic heterocycles. The van der Waals surface area contributed by atoms with Gasteiger partial charge < -0.3 is 14.9 Å². The average Bonchev–Trinajstić information content (AvgIpc) is 2.65. The van der Waals surface area contributed by atoms with E-state index >= 15 is 0 Å². The molecule has 0 radical (unpaired) electrons. The second-order valence-corrected chi connectivity index (χ2v) is 7.11. The highest BCUT2D eigenvalue weighted by Crippen LogP contribution is 2.10. The second kappa shape index (κ2) is 20.4. The first-order valence-corrected chi connectivity index (χ1v) is 10.8. The third kappa shape index (κ3) is 17.9. The van der Waals surface area contributed by atoms with E-state index in [0.717, 1.165) is 32.1 Å². The minimum Gasteiger partial charge on any atom is -0.460 e. The Bertz CT molecular complexity index is 324. The van der Waals surface area contributed by atoms with E-state index in [1.165, 1.54) is 51.4 Å². The van der Waals surface area contributed by atoms with Crippen molar-refractivity contribution in [2.45, 2.75) is 109 Å². The monoisotopic (exact) mass is 370 g/mol. The Labute approximate surface area is 161 Å². The number of hydrogen-bond acceptors (Lipinski definition) is 4.